The number of hydrogen-bond acceptors (Lipinski definition) is 8. The average Bonchev–Trinajstić information content (AvgIpc) is 3.43. The van der Waals surface area contributed by atoms with Crippen LogP contribution < -0.4 is 16.0 Å². The summed E-state index contributed by atoms with van der Waals surface area (Å²) in [4.78, 5) is 40.4. The van der Waals surface area contributed by atoms with E-state index in [1.54, 1.807) is 29.2 Å². The Morgan fingerprint density at radius 3 is 2.31 bits per heavy atom. The van der Waals surface area contributed by atoms with E-state index in [4.69, 9.17) is 0 Å². The van der Waals surface area contributed by atoms with Crippen LogP contribution in [0, 0.1) is 11.3 Å². The average molecular weight is 633 g/mol. The molecule has 4 rings (SSSR count). The van der Waals surface area contributed by atoms with E-state index in [9.17, 15) is 22.8 Å². The Hall–Kier alpha value is -3.45. The molecule has 0 spiro atoms. The lowest BCUT2D eigenvalue weighted by atomic mass is 9.92. The van der Waals surface area contributed by atoms with Gasteiger partial charge in [-0.1, -0.05) is 20.3 Å². The van der Waals surface area contributed by atoms with Gasteiger partial charge >= 0.3 is 6.18 Å². The number of likely N-dealkylation sites (tertiary alicyclic amines) is 1. The summed E-state index contributed by atoms with van der Waals surface area (Å²) in [6.07, 6.45) is -0.262. The molecule has 1 saturated heterocycles. The van der Waals surface area contributed by atoms with E-state index in [2.05, 4.69) is 56.6 Å². The summed E-state index contributed by atoms with van der Waals surface area (Å²) in [6, 6.07) is 6.40. The van der Waals surface area contributed by atoms with Gasteiger partial charge < -0.3 is 30.7 Å². The summed E-state index contributed by atoms with van der Waals surface area (Å²) in [6.45, 7) is 7.24. The topological polar surface area (TPSA) is 106 Å². The number of carbonyl (C=O) groups is 2. The van der Waals surface area contributed by atoms with Crippen molar-refractivity contribution in [3.8, 4) is 0 Å². The number of benzene rings is 1. The number of piperidine rings is 1. The molecule has 45 heavy (non-hydrogen) atoms. The summed E-state index contributed by atoms with van der Waals surface area (Å²) < 4.78 is 41.9. The zero-order valence-corrected chi connectivity index (χ0v) is 27.2. The van der Waals surface area contributed by atoms with Gasteiger partial charge in [-0.25, -0.2) is 4.98 Å². The smallest absolute Gasteiger partial charge is 0.366 e. The first-order chi connectivity index (χ1) is 21.1. The van der Waals surface area contributed by atoms with Gasteiger partial charge in [0.15, 0.2) is 0 Å². The van der Waals surface area contributed by atoms with Gasteiger partial charge in [0, 0.05) is 49.7 Å². The highest BCUT2D eigenvalue weighted by molar-refractivity contribution is 5.94. The second-order valence-corrected chi connectivity index (χ2v) is 13.5. The molecule has 2 amide bonds. The summed E-state index contributed by atoms with van der Waals surface area (Å²) in [5.74, 6) is -1.13. The van der Waals surface area contributed by atoms with E-state index >= 15 is 0 Å². The summed E-state index contributed by atoms with van der Waals surface area (Å²) >= 11 is 0. The highest BCUT2D eigenvalue weighted by Gasteiger charge is 2.39. The van der Waals surface area contributed by atoms with E-state index in [0.29, 0.717) is 37.1 Å². The van der Waals surface area contributed by atoms with E-state index in [-0.39, 0.29) is 35.0 Å². The first-order valence-corrected chi connectivity index (χ1v) is 15.6. The predicted molar refractivity (Wildman–Crippen MR) is 169 cm³/mol. The molecule has 2 fully saturated rings. The Kier molecular flexibility index (Phi) is 11.0. The molecule has 2 aromatic rings. The maximum absolute atomic E-state index is 14.0. The minimum atomic E-state index is -4.69. The van der Waals surface area contributed by atoms with Gasteiger partial charge in [0.1, 0.15) is 11.4 Å². The number of hydrogen-bond donors (Lipinski definition) is 3. The van der Waals surface area contributed by atoms with Crippen LogP contribution in [0.25, 0.3) is 0 Å². The molecule has 1 aromatic carbocycles. The number of amides is 2. The molecule has 0 bridgehead atoms. The van der Waals surface area contributed by atoms with Gasteiger partial charge in [0.05, 0.1) is 5.92 Å². The van der Waals surface area contributed by atoms with Gasteiger partial charge in [0.25, 0.3) is 5.91 Å². The maximum atomic E-state index is 14.0. The lowest BCUT2D eigenvalue weighted by Gasteiger charge is -2.35. The van der Waals surface area contributed by atoms with Crippen molar-refractivity contribution < 1.29 is 22.8 Å². The van der Waals surface area contributed by atoms with Crippen molar-refractivity contribution in [2.24, 2.45) is 11.3 Å². The fourth-order valence-electron chi connectivity index (χ4n) is 6.33. The molecule has 1 aliphatic carbocycles. The number of halogens is 3. The highest BCUT2D eigenvalue weighted by atomic mass is 19.4. The number of nitrogens with zero attached hydrogens (tertiary/aromatic N) is 5. The lowest BCUT2D eigenvalue weighted by molar-refractivity contribution is -0.137. The molecule has 13 heteroatoms. The van der Waals surface area contributed by atoms with Crippen molar-refractivity contribution >= 4 is 29.3 Å². The number of aromatic nitrogens is 2. The molecule has 10 nitrogen and oxygen atoms in total. The Labute approximate surface area is 264 Å². The molecule has 1 aliphatic heterocycles. The highest BCUT2D eigenvalue weighted by Crippen LogP contribution is 2.37. The monoisotopic (exact) mass is 632 g/mol. The van der Waals surface area contributed by atoms with Crippen molar-refractivity contribution in [3.05, 3.63) is 41.6 Å². The molecule has 248 valence electrons. The van der Waals surface area contributed by atoms with Crippen molar-refractivity contribution in [2.45, 2.75) is 64.2 Å². The van der Waals surface area contributed by atoms with Gasteiger partial charge in [0.2, 0.25) is 11.9 Å². The Bertz CT molecular complexity index is 1310. The Morgan fingerprint density at radius 1 is 1.02 bits per heavy atom. The normalized spacial score (nSPS) is 19.9. The molecule has 3 N–H and O–H groups in total. The maximum Gasteiger partial charge on any atom is 0.421 e. The van der Waals surface area contributed by atoms with Crippen molar-refractivity contribution in [3.63, 3.8) is 0 Å². The lowest BCUT2D eigenvalue weighted by Crippen LogP contribution is -2.44. The van der Waals surface area contributed by atoms with Crippen LogP contribution >= 0.6 is 0 Å². The molecule has 1 aromatic heterocycles. The molecule has 2 aliphatic rings. The molecule has 1 saturated carbocycles. The van der Waals surface area contributed by atoms with Crippen LogP contribution in [0.15, 0.2) is 30.5 Å². The van der Waals surface area contributed by atoms with E-state index in [1.165, 1.54) is 0 Å². The number of nitrogens with one attached hydrogen (secondary N) is 3. The van der Waals surface area contributed by atoms with Gasteiger partial charge in [-0.15, -0.1) is 0 Å². The third-order valence-electron chi connectivity index (χ3n) is 8.70. The number of rotatable bonds is 11. The predicted octanol–water partition coefficient (Wildman–Crippen LogP) is 4.69. The fourth-order valence-corrected chi connectivity index (χ4v) is 6.33. The van der Waals surface area contributed by atoms with Crippen molar-refractivity contribution in [1.82, 2.24) is 30.0 Å². The van der Waals surface area contributed by atoms with Crippen LogP contribution in [-0.4, -0.2) is 103 Å². The number of alkyl halides is 3. The first-order valence-electron chi connectivity index (χ1n) is 15.6. The molecule has 0 radical (unpaired) electrons. The number of anilines is 3. The molecule has 2 atom stereocenters. The van der Waals surface area contributed by atoms with Crippen LogP contribution in [0.3, 0.4) is 0 Å². The SMILES string of the molecule is CN(C)CC(C)(C)CNC(=O)[C@H]1CCC[C@H]1Nc1nc(Nc2ccc(C(=O)N(C)C3CCN(C)CC3)cc2)ncc1C(F)(F)F. The van der Waals surface area contributed by atoms with Crippen molar-refractivity contribution in [1.29, 1.82) is 0 Å². The van der Waals surface area contributed by atoms with Crippen LogP contribution in [0.2, 0.25) is 0 Å². The summed E-state index contributed by atoms with van der Waals surface area (Å²) in [7, 11) is 7.83. The standard InChI is InChI=1S/C32H47F3N8O2/c1-31(2,20-41(3)4)19-37-28(44)24-8-7-9-26(24)39-27-25(32(33,34)35)18-36-30(40-27)38-22-12-10-21(11-13-22)29(45)43(6)23-14-16-42(5)17-15-23/h10-13,18,23-24,26H,7-9,14-17,19-20H2,1-6H3,(H,37,44)(H2,36,38,39,40)/t24-,26+/m0/s1. The molecule has 2 heterocycles. The minimum absolute atomic E-state index is 0.0301. The largest absolute Gasteiger partial charge is 0.421 e. The van der Waals surface area contributed by atoms with Crippen LogP contribution in [0.5, 0.6) is 0 Å². The molecular weight excluding hydrogens is 585 g/mol. The van der Waals surface area contributed by atoms with E-state index in [1.807, 2.05) is 21.1 Å². The van der Waals surface area contributed by atoms with Gasteiger partial charge in [-0.3, -0.25) is 9.59 Å². The third-order valence-corrected chi connectivity index (χ3v) is 8.70. The Balaban J connectivity index is 1.44. The van der Waals surface area contributed by atoms with Crippen LogP contribution in [0.4, 0.5) is 30.6 Å². The van der Waals surface area contributed by atoms with Crippen LogP contribution in [0.1, 0.15) is 61.9 Å². The van der Waals surface area contributed by atoms with E-state index < -0.39 is 23.7 Å². The summed E-state index contributed by atoms with van der Waals surface area (Å²) in [5.41, 5.74) is -0.110. The fraction of sp³-hybridized carbons (Fsp3) is 0.625. The van der Waals surface area contributed by atoms with Gasteiger partial charge in [-0.2, -0.15) is 18.2 Å². The van der Waals surface area contributed by atoms with Crippen molar-refractivity contribution in [2.75, 3.05) is 65.0 Å². The van der Waals surface area contributed by atoms with Crippen LogP contribution in [-0.2, 0) is 11.0 Å². The zero-order chi connectivity index (χ0) is 32.9. The second kappa shape index (κ2) is 14.3. The van der Waals surface area contributed by atoms with E-state index in [0.717, 1.165) is 38.7 Å². The zero-order valence-electron chi connectivity index (χ0n) is 27.2. The van der Waals surface area contributed by atoms with Gasteiger partial charge in [-0.05, 0) is 89.6 Å². The second-order valence-electron chi connectivity index (χ2n) is 13.5. The first kappa shape index (κ1) is 34.4. The third kappa shape index (κ3) is 9.29. The molecular formula is C32H47F3N8O2. The molecule has 0 unspecified atom stereocenters. The quantitative estimate of drug-likeness (QED) is 0.328. The summed E-state index contributed by atoms with van der Waals surface area (Å²) in [5, 5.41) is 8.91. The minimum Gasteiger partial charge on any atom is -0.366 e. The number of carbonyl (C=O) groups excluding carboxylic acids is 2. The Morgan fingerprint density at radius 2 is 1.69 bits per heavy atom.